The van der Waals surface area contributed by atoms with Crippen LogP contribution in [-0.2, 0) is 13.0 Å². The third kappa shape index (κ3) is 4.11. The predicted molar refractivity (Wildman–Crippen MR) is 79.6 cm³/mol. The number of hydrogen-bond donors (Lipinski definition) is 1. The van der Waals surface area contributed by atoms with Gasteiger partial charge in [0, 0.05) is 18.5 Å². The van der Waals surface area contributed by atoms with Crippen LogP contribution in [-0.4, -0.2) is 13.7 Å². The summed E-state index contributed by atoms with van der Waals surface area (Å²) in [6.45, 7) is 3.65. The Kier molecular flexibility index (Phi) is 4.99. The van der Waals surface area contributed by atoms with Crippen molar-refractivity contribution in [3.63, 3.8) is 0 Å². The largest absolute Gasteiger partial charge is 0.493 e. The third-order valence-electron chi connectivity index (χ3n) is 3.07. The van der Waals surface area contributed by atoms with E-state index in [9.17, 15) is 0 Å². The van der Waals surface area contributed by atoms with Crippen molar-refractivity contribution in [2.75, 3.05) is 13.7 Å². The monoisotopic (exact) mass is 255 g/mol. The lowest BCUT2D eigenvalue weighted by Gasteiger charge is -2.12. The minimum absolute atomic E-state index is 0.712. The lowest BCUT2D eigenvalue weighted by atomic mass is 10.1. The Morgan fingerprint density at radius 3 is 2.58 bits per heavy atom. The molecule has 0 aliphatic heterocycles. The maximum atomic E-state index is 5.91. The molecule has 2 heteroatoms. The molecular weight excluding hydrogens is 234 g/mol. The summed E-state index contributed by atoms with van der Waals surface area (Å²) in [5.41, 5.74) is 3.79. The van der Waals surface area contributed by atoms with E-state index in [2.05, 4.69) is 54.7 Å². The van der Waals surface area contributed by atoms with Crippen molar-refractivity contribution in [1.29, 1.82) is 0 Å². The molecule has 0 fully saturated rings. The lowest BCUT2D eigenvalue weighted by Crippen LogP contribution is -2.09. The van der Waals surface area contributed by atoms with Crippen LogP contribution in [0, 0.1) is 6.92 Å². The molecule has 0 spiro atoms. The van der Waals surface area contributed by atoms with Crippen molar-refractivity contribution in [2.24, 2.45) is 0 Å². The van der Waals surface area contributed by atoms with Gasteiger partial charge in [0.05, 0.1) is 6.61 Å². The Morgan fingerprint density at radius 2 is 1.84 bits per heavy atom. The standard InChI is InChI=1S/C17H21NO/c1-14-8-9-17(16(12-14)13-18-2)19-11-10-15-6-4-3-5-7-15/h3-9,12,18H,10-11,13H2,1-2H3. The van der Waals surface area contributed by atoms with Crippen molar-refractivity contribution in [2.45, 2.75) is 19.9 Å². The maximum absolute atomic E-state index is 5.91. The van der Waals surface area contributed by atoms with Gasteiger partial charge in [0.25, 0.3) is 0 Å². The Balaban J connectivity index is 1.95. The molecule has 2 nitrogen and oxygen atoms in total. The molecule has 0 aliphatic rings. The van der Waals surface area contributed by atoms with Gasteiger partial charge in [0.15, 0.2) is 0 Å². The molecule has 0 bridgehead atoms. The molecule has 2 rings (SSSR count). The van der Waals surface area contributed by atoms with E-state index in [-0.39, 0.29) is 0 Å². The number of aryl methyl sites for hydroxylation is 1. The van der Waals surface area contributed by atoms with Gasteiger partial charge in [-0.2, -0.15) is 0 Å². The molecule has 19 heavy (non-hydrogen) atoms. The average molecular weight is 255 g/mol. The maximum Gasteiger partial charge on any atom is 0.123 e. The summed E-state index contributed by atoms with van der Waals surface area (Å²) in [5, 5.41) is 3.18. The van der Waals surface area contributed by atoms with Crippen LogP contribution in [0.3, 0.4) is 0 Å². The van der Waals surface area contributed by atoms with Crippen molar-refractivity contribution in [3.05, 3.63) is 65.2 Å². The number of benzene rings is 2. The summed E-state index contributed by atoms with van der Waals surface area (Å²) < 4.78 is 5.91. The number of ether oxygens (including phenoxy) is 1. The van der Waals surface area contributed by atoms with E-state index in [1.165, 1.54) is 16.7 Å². The van der Waals surface area contributed by atoms with Crippen LogP contribution in [0.25, 0.3) is 0 Å². The summed E-state index contributed by atoms with van der Waals surface area (Å²) in [6.07, 6.45) is 0.938. The van der Waals surface area contributed by atoms with Crippen LogP contribution < -0.4 is 10.1 Å². The van der Waals surface area contributed by atoms with Gasteiger partial charge in [-0.05, 0) is 25.6 Å². The van der Waals surface area contributed by atoms with E-state index in [1.54, 1.807) is 0 Å². The highest BCUT2D eigenvalue weighted by Gasteiger charge is 2.03. The van der Waals surface area contributed by atoms with Crippen LogP contribution in [0.4, 0.5) is 0 Å². The van der Waals surface area contributed by atoms with Crippen LogP contribution >= 0.6 is 0 Å². The molecule has 1 N–H and O–H groups in total. The SMILES string of the molecule is CNCc1cc(C)ccc1OCCc1ccccc1. The van der Waals surface area contributed by atoms with Gasteiger partial charge in [0.1, 0.15) is 5.75 Å². The molecule has 0 aliphatic carbocycles. The zero-order valence-corrected chi connectivity index (χ0v) is 11.6. The Hall–Kier alpha value is -1.80. The second kappa shape index (κ2) is 6.95. The minimum Gasteiger partial charge on any atom is -0.493 e. The molecule has 0 unspecified atom stereocenters. The number of nitrogens with one attached hydrogen (secondary N) is 1. The van der Waals surface area contributed by atoms with E-state index in [0.29, 0.717) is 6.61 Å². The van der Waals surface area contributed by atoms with Gasteiger partial charge < -0.3 is 10.1 Å². The number of rotatable bonds is 6. The summed E-state index contributed by atoms with van der Waals surface area (Å²) in [5.74, 6) is 0.982. The lowest BCUT2D eigenvalue weighted by molar-refractivity contribution is 0.318. The highest BCUT2D eigenvalue weighted by molar-refractivity contribution is 5.36. The van der Waals surface area contributed by atoms with Crippen molar-refractivity contribution in [3.8, 4) is 5.75 Å². The third-order valence-corrected chi connectivity index (χ3v) is 3.07. The molecular formula is C17H21NO. The first-order valence-electron chi connectivity index (χ1n) is 6.70. The molecule has 0 aromatic heterocycles. The normalized spacial score (nSPS) is 10.4. The second-order valence-electron chi connectivity index (χ2n) is 4.73. The first-order valence-corrected chi connectivity index (χ1v) is 6.70. The first-order chi connectivity index (χ1) is 9.29. The van der Waals surface area contributed by atoms with E-state index in [0.717, 1.165) is 18.7 Å². The van der Waals surface area contributed by atoms with Gasteiger partial charge in [0.2, 0.25) is 0 Å². The van der Waals surface area contributed by atoms with Gasteiger partial charge in [-0.15, -0.1) is 0 Å². The van der Waals surface area contributed by atoms with Crippen molar-refractivity contribution >= 4 is 0 Å². The zero-order valence-electron chi connectivity index (χ0n) is 11.6. The molecule has 0 saturated carbocycles. The summed E-state index contributed by atoms with van der Waals surface area (Å²) in [4.78, 5) is 0. The van der Waals surface area contributed by atoms with Crippen LogP contribution in [0.1, 0.15) is 16.7 Å². The van der Waals surface area contributed by atoms with E-state index < -0.39 is 0 Å². The van der Waals surface area contributed by atoms with Crippen LogP contribution in [0.5, 0.6) is 5.75 Å². The van der Waals surface area contributed by atoms with Crippen molar-refractivity contribution < 1.29 is 4.74 Å². The minimum atomic E-state index is 0.712. The Bertz CT molecular complexity index is 508. The molecule has 0 amide bonds. The molecule has 2 aromatic carbocycles. The quantitative estimate of drug-likeness (QED) is 0.855. The van der Waals surface area contributed by atoms with Gasteiger partial charge in [-0.25, -0.2) is 0 Å². The van der Waals surface area contributed by atoms with Gasteiger partial charge >= 0.3 is 0 Å². The molecule has 2 aromatic rings. The van der Waals surface area contributed by atoms with Crippen molar-refractivity contribution in [1.82, 2.24) is 5.32 Å². The van der Waals surface area contributed by atoms with E-state index in [1.807, 2.05) is 13.1 Å². The molecule has 0 saturated heterocycles. The molecule has 0 atom stereocenters. The average Bonchev–Trinajstić information content (AvgIpc) is 2.43. The van der Waals surface area contributed by atoms with E-state index in [4.69, 9.17) is 4.74 Å². The zero-order chi connectivity index (χ0) is 13.5. The topological polar surface area (TPSA) is 21.3 Å². The predicted octanol–water partition coefficient (Wildman–Crippen LogP) is 3.34. The van der Waals surface area contributed by atoms with Gasteiger partial charge in [-0.1, -0.05) is 48.0 Å². The molecule has 0 radical (unpaired) electrons. The fourth-order valence-corrected chi connectivity index (χ4v) is 2.10. The highest BCUT2D eigenvalue weighted by atomic mass is 16.5. The summed E-state index contributed by atoms with van der Waals surface area (Å²) in [6, 6.07) is 16.8. The Labute approximate surface area is 115 Å². The molecule has 0 heterocycles. The smallest absolute Gasteiger partial charge is 0.123 e. The first kappa shape index (κ1) is 13.6. The van der Waals surface area contributed by atoms with E-state index >= 15 is 0 Å². The van der Waals surface area contributed by atoms with Crippen LogP contribution in [0.15, 0.2) is 48.5 Å². The second-order valence-corrected chi connectivity index (χ2v) is 4.73. The Morgan fingerprint density at radius 1 is 1.05 bits per heavy atom. The summed E-state index contributed by atoms with van der Waals surface area (Å²) >= 11 is 0. The van der Waals surface area contributed by atoms with Gasteiger partial charge in [-0.3, -0.25) is 0 Å². The summed E-state index contributed by atoms with van der Waals surface area (Å²) in [7, 11) is 1.95. The fraction of sp³-hybridized carbons (Fsp3) is 0.294. The molecule has 100 valence electrons. The fourth-order valence-electron chi connectivity index (χ4n) is 2.10. The van der Waals surface area contributed by atoms with Crippen LogP contribution in [0.2, 0.25) is 0 Å². The number of hydrogen-bond acceptors (Lipinski definition) is 2. The highest BCUT2D eigenvalue weighted by Crippen LogP contribution is 2.20.